The monoisotopic (exact) mass is 482 g/mol. The van der Waals surface area contributed by atoms with Gasteiger partial charge in [0.15, 0.2) is 5.96 Å². The Morgan fingerprint density at radius 2 is 2.15 bits per heavy atom. The maximum Gasteiger partial charge on any atom is 0.191 e. The molecule has 2 aliphatic heterocycles. The van der Waals surface area contributed by atoms with Gasteiger partial charge in [0.2, 0.25) is 0 Å². The maximum atomic E-state index is 9.27. The number of halogens is 1. The predicted octanol–water partition coefficient (Wildman–Crippen LogP) is 2.07. The van der Waals surface area contributed by atoms with Crippen LogP contribution in [0, 0.1) is 11.8 Å². The fourth-order valence-electron chi connectivity index (χ4n) is 3.91. The van der Waals surface area contributed by atoms with Crippen LogP contribution in [0.25, 0.3) is 0 Å². The normalized spacial score (nSPS) is 24.9. The molecular formula is C19H39IN4O2. The van der Waals surface area contributed by atoms with Crippen LogP contribution in [0.3, 0.4) is 0 Å². The first-order valence-corrected chi connectivity index (χ1v) is 10.1. The molecular weight excluding hydrogens is 443 g/mol. The molecule has 2 aliphatic rings. The van der Waals surface area contributed by atoms with Crippen molar-refractivity contribution < 1.29 is 9.84 Å². The summed E-state index contributed by atoms with van der Waals surface area (Å²) >= 11 is 0. The van der Waals surface area contributed by atoms with E-state index >= 15 is 0 Å². The zero-order valence-corrected chi connectivity index (χ0v) is 19.1. The molecule has 3 unspecified atom stereocenters. The van der Waals surface area contributed by atoms with Crippen LogP contribution in [0.15, 0.2) is 4.99 Å². The van der Waals surface area contributed by atoms with Gasteiger partial charge in [-0.25, -0.2) is 0 Å². The first-order chi connectivity index (χ1) is 12.1. The largest absolute Gasteiger partial charge is 0.396 e. The molecule has 0 aromatic heterocycles. The quantitative estimate of drug-likeness (QED) is 0.267. The lowest BCUT2D eigenvalue weighted by molar-refractivity contribution is -0.0453. The van der Waals surface area contributed by atoms with Crippen LogP contribution in [0.1, 0.15) is 46.5 Å². The number of aliphatic hydroxyl groups is 1. The van der Waals surface area contributed by atoms with E-state index in [9.17, 15) is 5.11 Å². The van der Waals surface area contributed by atoms with Crippen LogP contribution >= 0.6 is 24.0 Å². The number of rotatable bonds is 9. The number of ether oxygens (including phenoxy) is 1. The van der Waals surface area contributed by atoms with Crippen molar-refractivity contribution in [1.82, 2.24) is 15.5 Å². The lowest BCUT2D eigenvalue weighted by Gasteiger charge is -2.35. The maximum absolute atomic E-state index is 9.27. The molecule has 0 aromatic carbocycles. The number of hydrogen-bond donors (Lipinski definition) is 3. The summed E-state index contributed by atoms with van der Waals surface area (Å²) in [5, 5.41) is 16.0. The van der Waals surface area contributed by atoms with E-state index in [0.29, 0.717) is 17.9 Å². The summed E-state index contributed by atoms with van der Waals surface area (Å²) in [6, 6.07) is 0.647. The smallest absolute Gasteiger partial charge is 0.191 e. The number of hydrogen-bond acceptors (Lipinski definition) is 4. The number of fused-ring (bicyclic) bond motifs is 1. The molecule has 2 rings (SSSR count). The number of aliphatic hydroxyl groups excluding tert-OH is 1. The summed E-state index contributed by atoms with van der Waals surface area (Å²) in [5.41, 5.74) is 0. The minimum absolute atomic E-state index is 0. The van der Waals surface area contributed by atoms with Crippen LogP contribution in [0.2, 0.25) is 0 Å². The molecule has 6 nitrogen and oxygen atoms in total. The van der Waals surface area contributed by atoms with Gasteiger partial charge in [0.05, 0.1) is 12.7 Å². The number of guanidine groups is 1. The van der Waals surface area contributed by atoms with Crippen molar-refractivity contribution in [3.05, 3.63) is 0 Å². The molecule has 2 heterocycles. The molecule has 0 aromatic rings. The molecule has 0 spiro atoms. The summed E-state index contributed by atoms with van der Waals surface area (Å²) in [6.45, 7) is 12.3. The van der Waals surface area contributed by atoms with E-state index in [2.05, 4.69) is 36.3 Å². The average molecular weight is 482 g/mol. The molecule has 26 heavy (non-hydrogen) atoms. The molecule has 154 valence electrons. The number of morpholine rings is 1. The molecule has 0 saturated carbocycles. The summed E-state index contributed by atoms with van der Waals surface area (Å²) in [5.74, 6) is 1.93. The fourth-order valence-corrected chi connectivity index (χ4v) is 3.91. The van der Waals surface area contributed by atoms with E-state index in [1.165, 1.54) is 19.4 Å². The number of nitrogens with one attached hydrogen (secondary N) is 2. The standard InChI is InChI=1S/C19H38N4O2.HI/c1-4-20-19(21-11-16(7-9-24)10-15(2)3)22-12-18-13-23-8-5-6-17(23)14-25-18;/h15-18,24H,4-14H2,1-3H3,(H2,20,21,22);1H. The molecule has 0 amide bonds. The van der Waals surface area contributed by atoms with Crippen LogP contribution in [-0.2, 0) is 4.74 Å². The van der Waals surface area contributed by atoms with Gasteiger partial charge in [0.25, 0.3) is 0 Å². The van der Waals surface area contributed by atoms with Gasteiger partial charge in [0, 0.05) is 38.8 Å². The lowest BCUT2D eigenvalue weighted by Crippen LogP contribution is -2.51. The van der Waals surface area contributed by atoms with Crippen molar-refractivity contribution in [1.29, 1.82) is 0 Å². The van der Waals surface area contributed by atoms with Gasteiger partial charge in [-0.2, -0.15) is 0 Å². The lowest BCUT2D eigenvalue weighted by atomic mass is 9.94. The van der Waals surface area contributed by atoms with E-state index in [1.807, 2.05) is 0 Å². The van der Waals surface area contributed by atoms with E-state index in [0.717, 1.165) is 51.6 Å². The number of aliphatic imine (C=N–C) groups is 1. The van der Waals surface area contributed by atoms with Crippen LogP contribution in [0.4, 0.5) is 0 Å². The Balaban J connectivity index is 0.00000338. The third-order valence-electron chi connectivity index (χ3n) is 5.15. The van der Waals surface area contributed by atoms with Gasteiger partial charge in [-0.3, -0.25) is 9.89 Å². The van der Waals surface area contributed by atoms with Crippen molar-refractivity contribution in [2.24, 2.45) is 16.8 Å². The summed E-state index contributed by atoms with van der Waals surface area (Å²) in [6.07, 6.45) is 4.75. The van der Waals surface area contributed by atoms with Gasteiger partial charge in [0.1, 0.15) is 0 Å². The minimum atomic E-state index is 0. The zero-order chi connectivity index (χ0) is 18.1. The highest BCUT2D eigenvalue weighted by Gasteiger charge is 2.32. The first kappa shape index (κ1) is 23.9. The molecule has 7 heteroatoms. The molecule has 3 atom stereocenters. The molecule has 0 bridgehead atoms. The second-order valence-corrected chi connectivity index (χ2v) is 7.85. The van der Waals surface area contributed by atoms with Gasteiger partial charge < -0.3 is 20.5 Å². The summed E-state index contributed by atoms with van der Waals surface area (Å²) in [7, 11) is 0. The second kappa shape index (κ2) is 13.1. The van der Waals surface area contributed by atoms with Crippen molar-refractivity contribution in [2.75, 3.05) is 45.9 Å². The van der Waals surface area contributed by atoms with Gasteiger partial charge >= 0.3 is 0 Å². The van der Waals surface area contributed by atoms with Gasteiger partial charge in [-0.1, -0.05) is 13.8 Å². The van der Waals surface area contributed by atoms with Crippen LogP contribution in [-0.4, -0.2) is 74.0 Å². The highest BCUT2D eigenvalue weighted by molar-refractivity contribution is 14.0. The van der Waals surface area contributed by atoms with Crippen molar-refractivity contribution >= 4 is 29.9 Å². The average Bonchev–Trinajstić information content (AvgIpc) is 3.04. The third-order valence-corrected chi connectivity index (χ3v) is 5.15. The SMILES string of the molecule is CCNC(=NCC(CCO)CC(C)C)NCC1CN2CCCC2CO1.I. The first-order valence-electron chi connectivity index (χ1n) is 10.1. The van der Waals surface area contributed by atoms with E-state index < -0.39 is 0 Å². The number of nitrogens with zero attached hydrogens (tertiary/aromatic N) is 2. The van der Waals surface area contributed by atoms with Gasteiger partial charge in [-0.15, -0.1) is 24.0 Å². The Morgan fingerprint density at radius 1 is 1.35 bits per heavy atom. The van der Waals surface area contributed by atoms with E-state index in [4.69, 9.17) is 9.73 Å². The minimum Gasteiger partial charge on any atom is -0.396 e. The highest BCUT2D eigenvalue weighted by Crippen LogP contribution is 2.22. The van der Waals surface area contributed by atoms with Gasteiger partial charge in [-0.05, 0) is 51.0 Å². The highest BCUT2D eigenvalue weighted by atomic mass is 127. The van der Waals surface area contributed by atoms with Crippen molar-refractivity contribution in [3.8, 4) is 0 Å². The summed E-state index contributed by atoms with van der Waals surface area (Å²) < 4.78 is 6.02. The summed E-state index contributed by atoms with van der Waals surface area (Å²) in [4.78, 5) is 7.32. The molecule has 2 saturated heterocycles. The van der Waals surface area contributed by atoms with Crippen LogP contribution < -0.4 is 10.6 Å². The topological polar surface area (TPSA) is 69.1 Å². The molecule has 2 fully saturated rings. The van der Waals surface area contributed by atoms with Crippen molar-refractivity contribution in [2.45, 2.75) is 58.6 Å². The van der Waals surface area contributed by atoms with Crippen LogP contribution in [0.5, 0.6) is 0 Å². The molecule has 0 radical (unpaired) electrons. The fraction of sp³-hybridized carbons (Fsp3) is 0.947. The predicted molar refractivity (Wildman–Crippen MR) is 118 cm³/mol. The Hall–Kier alpha value is -0.120. The molecule has 0 aliphatic carbocycles. The van der Waals surface area contributed by atoms with Crippen molar-refractivity contribution in [3.63, 3.8) is 0 Å². The Morgan fingerprint density at radius 3 is 2.85 bits per heavy atom. The van der Waals surface area contributed by atoms with E-state index in [-0.39, 0.29) is 36.7 Å². The zero-order valence-electron chi connectivity index (χ0n) is 16.7. The Kier molecular flexibility index (Phi) is 12.1. The Bertz CT molecular complexity index is 409. The van der Waals surface area contributed by atoms with E-state index in [1.54, 1.807) is 0 Å². The molecule has 3 N–H and O–H groups in total. The Labute approximate surface area is 176 Å². The third kappa shape index (κ3) is 8.27. The second-order valence-electron chi connectivity index (χ2n) is 7.85.